The molecule has 0 bridgehead atoms. The lowest BCUT2D eigenvalue weighted by atomic mass is 10.1. The number of anilines is 1. The molecular weight excluding hydrogens is 266 g/mol. The van der Waals surface area contributed by atoms with Crippen LogP contribution in [0.5, 0.6) is 0 Å². The van der Waals surface area contributed by atoms with E-state index in [1.807, 2.05) is 44.1 Å². The molecule has 1 heterocycles. The van der Waals surface area contributed by atoms with Gasteiger partial charge in [-0.25, -0.2) is 0 Å². The van der Waals surface area contributed by atoms with E-state index in [1.165, 1.54) is 0 Å². The van der Waals surface area contributed by atoms with Crippen LogP contribution in [0, 0.1) is 6.92 Å². The number of aliphatic hydroxyl groups excluding tert-OH is 1. The van der Waals surface area contributed by atoms with Crippen LogP contribution in [-0.2, 0) is 6.61 Å². The second-order valence-corrected chi connectivity index (χ2v) is 6.35. The summed E-state index contributed by atoms with van der Waals surface area (Å²) in [6, 6.07) is 5.95. The highest BCUT2D eigenvalue weighted by Gasteiger charge is 2.09. The molecule has 0 amide bonds. The number of benzene rings is 1. The average Bonchev–Trinajstić information content (AvgIpc) is 2.80. The van der Waals surface area contributed by atoms with Crippen LogP contribution in [0.25, 0.3) is 0 Å². The van der Waals surface area contributed by atoms with Crippen LogP contribution in [-0.4, -0.2) is 29.4 Å². The van der Waals surface area contributed by atoms with Crippen LogP contribution in [0.4, 0.5) is 5.13 Å². The van der Waals surface area contributed by atoms with Gasteiger partial charge in [-0.15, -0.1) is 10.2 Å². The van der Waals surface area contributed by atoms with Gasteiger partial charge >= 0.3 is 0 Å². The van der Waals surface area contributed by atoms with Gasteiger partial charge < -0.3 is 10.0 Å². The molecule has 2 rings (SSSR count). The van der Waals surface area contributed by atoms with Gasteiger partial charge in [0, 0.05) is 19.0 Å². The molecule has 2 aromatic rings. The highest BCUT2D eigenvalue weighted by atomic mass is 32.2. The van der Waals surface area contributed by atoms with E-state index in [0.29, 0.717) is 0 Å². The first kappa shape index (κ1) is 13.3. The maximum Gasteiger partial charge on any atom is 0.208 e. The van der Waals surface area contributed by atoms with E-state index in [0.717, 1.165) is 25.5 Å². The maximum atomic E-state index is 9.07. The number of nitrogens with zero attached hydrogens (tertiary/aromatic N) is 3. The van der Waals surface area contributed by atoms with E-state index in [2.05, 4.69) is 10.2 Å². The van der Waals surface area contributed by atoms with E-state index in [1.54, 1.807) is 23.1 Å². The van der Waals surface area contributed by atoms with E-state index in [-0.39, 0.29) is 6.61 Å². The van der Waals surface area contributed by atoms with Crippen LogP contribution in [0.2, 0.25) is 0 Å². The van der Waals surface area contributed by atoms with Gasteiger partial charge in [-0.2, -0.15) is 0 Å². The Balaban J connectivity index is 2.17. The molecule has 0 saturated carbocycles. The van der Waals surface area contributed by atoms with Gasteiger partial charge in [0.15, 0.2) is 4.34 Å². The number of hydrogen-bond acceptors (Lipinski definition) is 6. The Hall–Kier alpha value is -1.11. The molecule has 0 atom stereocenters. The molecule has 0 aliphatic heterocycles. The molecule has 18 heavy (non-hydrogen) atoms. The fourth-order valence-corrected chi connectivity index (χ4v) is 3.23. The first-order valence-corrected chi connectivity index (χ1v) is 7.12. The largest absolute Gasteiger partial charge is 0.392 e. The SMILES string of the molecule is Cc1cc(CO)ccc1Sc1nnc(N(C)C)s1. The molecule has 0 fully saturated rings. The summed E-state index contributed by atoms with van der Waals surface area (Å²) in [6.07, 6.45) is 0. The van der Waals surface area contributed by atoms with Gasteiger partial charge in [0.25, 0.3) is 0 Å². The zero-order valence-corrected chi connectivity index (χ0v) is 12.2. The quantitative estimate of drug-likeness (QED) is 0.933. The van der Waals surface area contributed by atoms with Crippen molar-refractivity contribution in [2.24, 2.45) is 0 Å². The molecule has 96 valence electrons. The van der Waals surface area contributed by atoms with Crippen molar-refractivity contribution < 1.29 is 5.11 Å². The van der Waals surface area contributed by atoms with Crippen LogP contribution < -0.4 is 4.90 Å². The lowest BCUT2D eigenvalue weighted by Crippen LogP contribution is -2.07. The first-order valence-electron chi connectivity index (χ1n) is 5.49. The van der Waals surface area contributed by atoms with Gasteiger partial charge in [-0.3, -0.25) is 0 Å². The molecule has 0 saturated heterocycles. The fourth-order valence-electron chi connectivity index (χ4n) is 1.44. The normalized spacial score (nSPS) is 10.7. The Morgan fingerprint density at radius 3 is 2.67 bits per heavy atom. The summed E-state index contributed by atoms with van der Waals surface area (Å²) in [4.78, 5) is 3.09. The van der Waals surface area contributed by atoms with Gasteiger partial charge in [0.2, 0.25) is 5.13 Å². The minimum Gasteiger partial charge on any atom is -0.392 e. The third-order valence-electron chi connectivity index (χ3n) is 2.40. The van der Waals surface area contributed by atoms with Crippen molar-refractivity contribution in [3.63, 3.8) is 0 Å². The fraction of sp³-hybridized carbons (Fsp3) is 0.333. The van der Waals surface area contributed by atoms with Crippen molar-refractivity contribution >= 4 is 28.2 Å². The van der Waals surface area contributed by atoms with Gasteiger partial charge in [0.1, 0.15) is 0 Å². The molecule has 6 heteroatoms. The molecule has 1 N–H and O–H groups in total. The highest BCUT2D eigenvalue weighted by Crippen LogP contribution is 2.34. The minimum atomic E-state index is 0.0787. The Labute approximate surface area is 115 Å². The summed E-state index contributed by atoms with van der Waals surface area (Å²) < 4.78 is 0.929. The van der Waals surface area contributed by atoms with Crippen molar-refractivity contribution in [1.82, 2.24) is 10.2 Å². The van der Waals surface area contributed by atoms with Gasteiger partial charge in [-0.1, -0.05) is 35.2 Å². The Morgan fingerprint density at radius 2 is 2.11 bits per heavy atom. The van der Waals surface area contributed by atoms with Crippen LogP contribution in [0.1, 0.15) is 11.1 Å². The number of hydrogen-bond donors (Lipinski definition) is 1. The summed E-state index contributed by atoms with van der Waals surface area (Å²) >= 11 is 3.18. The summed E-state index contributed by atoms with van der Waals surface area (Å²) in [5, 5.41) is 18.2. The Bertz CT molecular complexity index is 540. The Kier molecular flexibility index (Phi) is 4.21. The zero-order valence-electron chi connectivity index (χ0n) is 10.5. The lowest BCUT2D eigenvalue weighted by Gasteiger charge is -2.05. The monoisotopic (exact) mass is 281 g/mol. The van der Waals surface area contributed by atoms with E-state index in [9.17, 15) is 0 Å². The summed E-state index contributed by atoms with van der Waals surface area (Å²) in [7, 11) is 3.91. The van der Waals surface area contributed by atoms with Crippen LogP contribution in [0.3, 0.4) is 0 Å². The third-order valence-corrected chi connectivity index (χ3v) is 4.72. The number of rotatable bonds is 4. The average molecular weight is 281 g/mol. The van der Waals surface area contributed by atoms with E-state index >= 15 is 0 Å². The van der Waals surface area contributed by atoms with Crippen molar-refractivity contribution in [2.75, 3.05) is 19.0 Å². The molecular formula is C12H15N3OS2. The standard InChI is InChI=1S/C12H15N3OS2/c1-8-6-9(7-16)4-5-10(8)17-12-14-13-11(18-12)15(2)3/h4-6,16H,7H2,1-3H3. The molecule has 0 spiro atoms. The first-order chi connectivity index (χ1) is 8.60. The van der Waals surface area contributed by atoms with E-state index < -0.39 is 0 Å². The summed E-state index contributed by atoms with van der Waals surface area (Å²) in [6.45, 7) is 2.12. The molecule has 0 aliphatic carbocycles. The minimum absolute atomic E-state index is 0.0787. The molecule has 0 radical (unpaired) electrons. The smallest absolute Gasteiger partial charge is 0.208 e. The zero-order chi connectivity index (χ0) is 13.1. The Morgan fingerprint density at radius 1 is 1.33 bits per heavy atom. The predicted octanol–water partition coefficient (Wildman–Crippen LogP) is 2.56. The summed E-state index contributed by atoms with van der Waals surface area (Å²) in [5.41, 5.74) is 2.08. The second-order valence-electron chi connectivity index (χ2n) is 4.10. The second kappa shape index (κ2) is 5.69. The lowest BCUT2D eigenvalue weighted by molar-refractivity contribution is 0.281. The van der Waals surface area contributed by atoms with Crippen molar-refractivity contribution in [3.8, 4) is 0 Å². The van der Waals surface area contributed by atoms with Gasteiger partial charge in [0.05, 0.1) is 6.61 Å². The molecule has 0 unspecified atom stereocenters. The van der Waals surface area contributed by atoms with Crippen molar-refractivity contribution in [2.45, 2.75) is 22.8 Å². The van der Waals surface area contributed by atoms with Crippen LogP contribution >= 0.6 is 23.1 Å². The predicted molar refractivity (Wildman–Crippen MR) is 75.5 cm³/mol. The molecule has 4 nitrogen and oxygen atoms in total. The summed E-state index contributed by atoms with van der Waals surface area (Å²) in [5.74, 6) is 0. The number of aromatic nitrogens is 2. The van der Waals surface area contributed by atoms with E-state index in [4.69, 9.17) is 5.11 Å². The molecule has 1 aromatic carbocycles. The topological polar surface area (TPSA) is 49.3 Å². The molecule has 1 aromatic heterocycles. The van der Waals surface area contributed by atoms with Crippen LogP contribution in [0.15, 0.2) is 27.4 Å². The van der Waals surface area contributed by atoms with Crippen molar-refractivity contribution in [3.05, 3.63) is 29.3 Å². The highest BCUT2D eigenvalue weighted by molar-refractivity contribution is 8.01. The number of aryl methyl sites for hydroxylation is 1. The maximum absolute atomic E-state index is 9.07. The van der Waals surface area contributed by atoms with Gasteiger partial charge in [-0.05, 0) is 24.1 Å². The van der Waals surface area contributed by atoms with Crippen molar-refractivity contribution in [1.29, 1.82) is 0 Å². The third kappa shape index (κ3) is 3.01. The molecule has 0 aliphatic rings. The number of aliphatic hydroxyl groups is 1.